The van der Waals surface area contributed by atoms with Crippen LogP contribution in [0.1, 0.15) is 29.7 Å². The van der Waals surface area contributed by atoms with E-state index in [1.165, 1.54) is 6.07 Å². The van der Waals surface area contributed by atoms with Crippen LogP contribution in [0.4, 0.5) is 4.39 Å². The van der Waals surface area contributed by atoms with E-state index in [4.69, 9.17) is 0 Å². The second kappa shape index (κ2) is 5.66. The van der Waals surface area contributed by atoms with Crippen molar-refractivity contribution in [1.82, 2.24) is 0 Å². The van der Waals surface area contributed by atoms with Crippen molar-refractivity contribution >= 4 is 10.8 Å². The molecule has 0 saturated carbocycles. The largest absolute Gasteiger partial charge is 0.384 e. The summed E-state index contributed by atoms with van der Waals surface area (Å²) in [5.41, 5.74) is 2.74. The number of halogens is 1. The maximum absolute atomic E-state index is 13.9. The van der Waals surface area contributed by atoms with Gasteiger partial charge in [0.25, 0.3) is 0 Å². The molecule has 1 nitrogen and oxygen atoms in total. The van der Waals surface area contributed by atoms with Crippen molar-refractivity contribution in [3.63, 3.8) is 0 Å². The van der Waals surface area contributed by atoms with Crippen molar-refractivity contribution in [2.75, 3.05) is 0 Å². The Morgan fingerprint density at radius 3 is 2.29 bits per heavy atom. The molecular weight excluding hydrogens is 263 g/mol. The van der Waals surface area contributed by atoms with E-state index >= 15 is 0 Å². The molecule has 3 rings (SSSR count). The van der Waals surface area contributed by atoms with Crippen molar-refractivity contribution in [2.24, 2.45) is 0 Å². The Balaban J connectivity index is 2.18. The van der Waals surface area contributed by atoms with Crippen LogP contribution < -0.4 is 0 Å². The topological polar surface area (TPSA) is 20.2 Å². The molecule has 0 saturated heterocycles. The molecule has 1 unspecified atom stereocenters. The highest BCUT2D eigenvalue weighted by atomic mass is 19.1. The zero-order chi connectivity index (χ0) is 14.8. The van der Waals surface area contributed by atoms with Crippen molar-refractivity contribution in [3.05, 3.63) is 83.2 Å². The number of aliphatic hydroxyl groups excluding tert-OH is 1. The van der Waals surface area contributed by atoms with Crippen LogP contribution >= 0.6 is 0 Å². The van der Waals surface area contributed by atoms with Gasteiger partial charge in [-0.15, -0.1) is 0 Å². The van der Waals surface area contributed by atoms with Gasteiger partial charge in [-0.1, -0.05) is 61.5 Å². The number of aryl methyl sites for hydroxylation is 1. The average Bonchev–Trinajstić information content (AvgIpc) is 2.55. The SMILES string of the molecule is CCc1ccccc1C(O)c1ccc(F)c2ccccc12. The molecule has 21 heavy (non-hydrogen) atoms. The molecule has 0 radical (unpaired) electrons. The minimum atomic E-state index is -0.744. The summed E-state index contributed by atoms with van der Waals surface area (Å²) in [4.78, 5) is 0. The first-order valence-electron chi connectivity index (χ1n) is 7.15. The van der Waals surface area contributed by atoms with Crippen molar-refractivity contribution in [3.8, 4) is 0 Å². The number of fused-ring (bicyclic) bond motifs is 1. The summed E-state index contributed by atoms with van der Waals surface area (Å²) in [7, 11) is 0. The number of rotatable bonds is 3. The van der Waals surface area contributed by atoms with Gasteiger partial charge in [0.15, 0.2) is 0 Å². The Morgan fingerprint density at radius 1 is 0.857 bits per heavy atom. The van der Waals surface area contributed by atoms with Crippen LogP contribution in [0.3, 0.4) is 0 Å². The normalized spacial score (nSPS) is 12.5. The zero-order valence-electron chi connectivity index (χ0n) is 11.9. The predicted octanol–water partition coefficient (Wildman–Crippen LogP) is 4.62. The molecule has 106 valence electrons. The zero-order valence-corrected chi connectivity index (χ0v) is 11.9. The third-order valence-corrected chi connectivity index (χ3v) is 3.93. The van der Waals surface area contributed by atoms with Crippen LogP contribution in [0.5, 0.6) is 0 Å². The smallest absolute Gasteiger partial charge is 0.131 e. The summed E-state index contributed by atoms with van der Waals surface area (Å²) in [6, 6.07) is 18.2. The van der Waals surface area contributed by atoms with Crippen LogP contribution in [-0.4, -0.2) is 5.11 Å². The lowest BCUT2D eigenvalue weighted by Crippen LogP contribution is -2.04. The predicted molar refractivity (Wildman–Crippen MR) is 83.8 cm³/mol. The highest BCUT2D eigenvalue weighted by Gasteiger charge is 2.17. The molecule has 0 amide bonds. The van der Waals surface area contributed by atoms with Gasteiger partial charge in [-0.25, -0.2) is 4.39 Å². The highest BCUT2D eigenvalue weighted by molar-refractivity contribution is 5.87. The molecule has 0 aliphatic rings. The van der Waals surface area contributed by atoms with Crippen LogP contribution in [0.15, 0.2) is 60.7 Å². The summed E-state index contributed by atoms with van der Waals surface area (Å²) in [5, 5.41) is 12.1. The maximum Gasteiger partial charge on any atom is 0.131 e. The van der Waals surface area contributed by atoms with Gasteiger partial charge in [-0.2, -0.15) is 0 Å². The van der Waals surface area contributed by atoms with Gasteiger partial charge in [-0.05, 0) is 34.6 Å². The van der Waals surface area contributed by atoms with Gasteiger partial charge in [0, 0.05) is 5.39 Å². The van der Waals surface area contributed by atoms with Gasteiger partial charge in [0.1, 0.15) is 11.9 Å². The van der Waals surface area contributed by atoms with E-state index in [1.807, 2.05) is 42.5 Å². The number of hydrogen-bond acceptors (Lipinski definition) is 1. The van der Waals surface area contributed by atoms with Gasteiger partial charge in [0.05, 0.1) is 0 Å². The van der Waals surface area contributed by atoms with Crippen LogP contribution in [0.25, 0.3) is 10.8 Å². The van der Waals surface area contributed by atoms with Crippen molar-refractivity contribution < 1.29 is 9.50 Å². The molecular formula is C19H17FO. The van der Waals surface area contributed by atoms with E-state index in [2.05, 4.69) is 6.92 Å². The molecule has 1 atom stereocenters. The van der Waals surface area contributed by atoms with E-state index in [9.17, 15) is 9.50 Å². The summed E-state index contributed by atoms with van der Waals surface area (Å²) in [6.07, 6.45) is 0.110. The lowest BCUT2D eigenvalue weighted by atomic mass is 9.92. The monoisotopic (exact) mass is 280 g/mol. The Hall–Kier alpha value is -2.19. The second-order valence-electron chi connectivity index (χ2n) is 5.14. The number of benzene rings is 3. The fourth-order valence-electron chi connectivity index (χ4n) is 2.81. The van der Waals surface area contributed by atoms with E-state index in [-0.39, 0.29) is 5.82 Å². The highest BCUT2D eigenvalue weighted by Crippen LogP contribution is 2.31. The standard InChI is InChI=1S/C19H17FO/c1-2-13-7-3-4-8-14(13)19(21)17-11-12-18(20)16-10-6-5-9-15(16)17/h3-12,19,21H,2H2,1H3. The summed E-state index contributed by atoms with van der Waals surface area (Å²) >= 11 is 0. The molecule has 0 fully saturated rings. The third kappa shape index (κ3) is 2.43. The molecule has 0 aliphatic carbocycles. The Labute approximate surface area is 123 Å². The molecule has 2 heteroatoms. The molecule has 0 heterocycles. The third-order valence-electron chi connectivity index (χ3n) is 3.93. The molecule has 0 bridgehead atoms. The van der Waals surface area contributed by atoms with E-state index in [0.29, 0.717) is 5.39 Å². The summed E-state index contributed by atoms with van der Waals surface area (Å²) in [5.74, 6) is -0.259. The molecule has 1 N–H and O–H groups in total. The summed E-state index contributed by atoms with van der Waals surface area (Å²) < 4.78 is 13.9. The first-order chi connectivity index (χ1) is 10.2. The van der Waals surface area contributed by atoms with Crippen LogP contribution in [0.2, 0.25) is 0 Å². The lowest BCUT2D eigenvalue weighted by molar-refractivity contribution is 0.220. The van der Waals surface area contributed by atoms with Gasteiger partial charge in [-0.3, -0.25) is 0 Å². The second-order valence-corrected chi connectivity index (χ2v) is 5.14. The number of hydrogen-bond donors (Lipinski definition) is 1. The van der Waals surface area contributed by atoms with Gasteiger partial charge >= 0.3 is 0 Å². The fourth-order valence-corrected chi connectivity index (χ4v) is 2.81. The summed E-state index contributed by atoms with van der Waals surface area (Å²) in [6.45, 7) is 2.06. The van der Waals surface area contributed by atoms with E-state index in [1.54, 1.807) is 12.1 Å². The molecule has 0 aliphatic heterocycles. The Bertz CT molecular complexity index is 779. The average molecular weight is 280 g/mol. The molecule has 0 spiro atoms. The van der Waals surface area contributed by atoms with Crippen LogP contribution in [0, 0.1) is 5.82 Å². The maximum atomic E-state index is 13.9. The first kappa shape index (κ1) is 13.8. The van der Waals surface area contributed by atoms with Gasteiger partial charge < -0.3 is 5.11 Å². The first-order valence-corrected chi connectivity index (χ1v) is 7.15. The molecule has 0 aromatic heterocycles. The minimum Gasteiger partial charge on any atom is -0.384 e. The van der Waals surface area contributed by atoms with E-state index < -0.39 is 6.10 Å². The lowest BCUT2D eigenvalue weighted by Gasteiger charge is -2.17. The van der Waals surface area contributed by atoms with Crippen molar-refractivity contribution in [2.45, 2.75) is 19.4 Å². The van der Waals surface area contributed by atoms with Crippen molar-refractivity contribution in [1.29, 1.82) is 0 Å². The van der Waals surface area contributed by atoms with Crippen LogP contribution in [-0.2, 0) is 6.42 Å². The quantitative estimate of drug-likeness (QED) is 0.742. The molecule has 3 aromatic carbocycles. The Morgan fingerprint density at radius 2 is 1.52 bits per heavy atom. The minimum absolute atomic E-state index is 0.259. The molecule has 3 aromatic rings. The number of aliphatic hydroxyl groups is 1. The van der Waals surface area contributed by atoms with E-state index in [0.717, 1.165) is 28.5 Å². The fraction of sp³-hybridized carbons (Fsp3) is 0.158. The van der Waals surface area contributed by atoms with Gasteiger partial charge in [0.2, 0.25) is 0 Å². The Kier molecular flexibility index (Phi) is 3.72.